The molecule has 1 N–H and O–H groups in total. The van der Waals surface area contributed by atoms with Gasteiger partial charge in [-0.3, -0.25) is 14.9 Å². The quantitative estimate of drug-likeness (QED) is 0.276. The lowest BCUT2D eigenvalue weighted by Crippen LogP contribution is -2.54. The standard InChI is InChI=1S/C27H22BrClN2O5/c1-3-35-23-13-18(12-21(28)24(23)36-15-17-7-5-4-6-8-17)11-20-25(32)30-27(34)31(26(20)33)22-14-19(29)10-9-16(22)2/h4-14H,3,15H2,1-2H3,(H,30,32,34)/b20-11+. The van der Waals surface area contributed by atoms with Crippen LogP contribution in [-0.2, 0) is 16.2 Å². The number of carbonyl (C=O) groups is 3. The summed E-state index contributed by atoms with van der Waals surface area (Å²) in [6.07, 6.45) is 1.41. The van der Waals surface area contributed by atoms with Crippen LogP contribution in [0.4, 0.5) is 10.5 Å². The topological polar surface area (TPSA) is 84.9 Å². The monoisotopic (exact) mass is 568 g/mol. The normalized spacial score (nSPS) is 14.7. The second kappa shape index (κ2) is 11.0. The van der Waals surface area contributed by atoms with Gasteiger partial charge in [-0.05, 0) is 76.8 Å². The van der Waals surface area contributed by atoms with Crippen molar-refractivity contribution in [1.82, 2.24) is 5.32 Å². The number of benzene rings is 3. The fourth-order valence-electron chi connectivity index (χ4n) is 3.67. The largest absolute Gasteiger partial charge is 0.490 e. The van der Waals surface area contributed by atoms with Crippen LogP contribution in [0.1, 0.15) is 23.6 Å². The molecule has 0 atom stereocenters. The Hall–Kier alpha value is -3.62. The van der Waals surface area contributed by atoms with Crippen molar-refractivity contribution in [2.24, 2.45) is 0 Å². The maximum absolute atomic E-state index is 13.3. The summed E-state index contributed by atoms with van der Waals surface area (Å²) in [4.78, 5) is 39.4. The van der Waals surface area contributed by atoms with Gasteiger partial charge in [0, 0.05) is 5.02 Å². The van der Waals surface area contributed by atoms with Crippen LogP contribution in [0.5, 0.6) is 11.5 Å². The minimum atomic E-state index is -0.839. The summed E-state index contributed by atoms with van der Waals surface area (Å²) in [5.41, 5.74) is 2.24. The molecule has 0 saturated carbocycles. The smallest absolute Gasteiger partial charge is 0.335 e. The van der Waals surface area contributed by atoms with Gasteiger partial charge in [-0.2, -0.15) is 0 Å². The summed E-state index contributed by atoms with van der Waals surface area (Å²) >= 11 is 9.60. The van der Waals surface area contributed by atoms with Gasteiger partial charge in [-0.25, -0.2) is 9.69 Å². The first-order valence-electron chi connectivity index (χ1n) is 11.1. The SMILES string of the molecule is CCOc1cc(/C=C2\C(=O)NC(=O)N(c3cc(Cl)ccc3C)C2=O)cc(Br)c1OCc1ccccc1. The van der Waals surface area contributed by atoms with E-state index >= 15 is 0 Å². The number of rotatable bonds is 7. The molecule has 0 radical (unpaired) electrons. The van der Waals surface area contributed by atoms with E-state index in [-0.39, 0.29) is 5.57 Å². The Balaban J connectivity index is 1.69. The van der Waals surface area contributed by atoms with Crippen LogP contribution in [-0.4, -0.2) is 24.5 Å². The lowest BCUT2D eigenvalue weighted by atomic mass is 10.1. The van der Waals surface area contributed by atoms with Gasteiger partial charge >= 0.3 is 6.03 Å². The van der Waals surface area contributed by atoms with Crippen LogP contribution in [0.2, 0.25) is 5.02 Å². The Bertz CT molecular complexity index is 1370. The average Bonchev–Trinajstić information content (AvgIpc) is 2.84. The highest BCUT2D eigenvalue weighted by Gasteiger charge is 2.37. The second-order valence-electron chi connectivity index (χ2n) is 7.93. The zero-order chi connectivity index (χ0) is 25.8. The average molecular weight is 570 g/mol. The Morgan fingerprint density at radius 1 is 1.03 bits per heavy atom. The van der Waals surface area contributed by atoms with Crippen molar-refractivity contribution in [3.05, 3.63) is 92.4 Å². The van der Waals surface area contributed by atoms with E-state index in [9.17, 15) is 14.4 Å². The van der Waals surface area contributed by atoms with Crippen molar-refractivity contribution in [2.75, 3.05) is 11.5 Å². The van der Waals surface area contributed by atoms with Gasteiger partial charge in [0.1, 0.15) is 12.2 Å². The third-order valence-electron chi connectivity index (χ3n) is 5.38. The summed E-state index contributed by atoms with van der Waals surface area (Å²) in [5, 5.41) is 2.58. The van der Waals surface area contributed by atoms with Crippen LogP contribution < -0.4 is 19.7 Å². The number of imide groups is 2. The summed E-state index contributed by atoms with van der Waals surface area (Å²) in [5.74, 6) is -0.613. The first-order valence-corrected chi connectivity index (χ1v) is 12.3. The predicted octanol–water partition coefficient (Wildman–Crippen LogP) is 6.06. The zero-order valence-corrected chi connectivity index (χ0v) is 21.9. The van der Waals surface area contributed by atoms with E-state index in [0.717, 1.165) is 10.5 Å². The molecule has 36 heavy (non-hydrogen) atoms. The van der Waals surface area contributed by atoms with Gasteiger partial charge in [0.2, 0.25) is 0 Å². The van der Waals surface area contributed by atoms with Crippen molar-refractivity contribution in [2.45, 2.75) is 20.5 Å². The van der Waals surface area contributed by atoms with Crippen LogP contribution in [0.15, 0.2) is 70.7 Å². The Morgan fingerprint density at radius 2 is 1.78 bits per heavy atom. The molecule has 4 rings (SSSR count). The molecule has 184 valence electrons. The van der Waals surface area contributed by atoms with E-state index in [2.05, 4.69) is 21.2 Å². The molecule has 0 unspecified atom stereocenters. The highest BCUT2D eigenvalue weighted by atomic mass is 79.9. The van der Waals surface area contributed by atoms with Crippen LogP contribution >= 0.6 is 27.5 Å². The summed E-state index contributed by atoms with van der Waals surface area (Å²) in [7, 11) is 0. The number of carbonyl (C=O) groups excluding carboxylic acids is 3. The maximum atomic E-state index is 13.3. The van der Waals surface area contributed by atoms with E-state index in [1.54, 1.807) is 31.2 Å². The van der Waals surface area contributed by atoms with Crippen molar-refractivity contribution in [1.29, 1.82) is 0 Å². The van der Waals surface area contributed by atoms with E-state index in [1.165, 1.54) is 12.1 Å². The molecule has 0 aromatic heterocycles. The maximum Gasteiger partial charge on any atom is 0.335 e. The van der Waals surface area contributed by atoms with Gasteiger partial charge in [0.05, 0.1) is 16.8 Å². The Kier molecular flexibility index (Phi) is 7.76. The molecule has 7 nitrogen and oxygen atoms in total. The minimum Gasteiger partial charge on any atom is -0.490 e. The molecular formula is C27H22BrClN2O5. The molecule has 4 amide bonds. The second-order valence-corrected chi connectivity index (χ2v) is 9.22. The summed E-state index contributed by atoms with van der Waals surface area (Å²) in [6, 6.07) is 17.1. The molecule has 3 aromatic rings. The lowest BCUT2D eigenvalue weighted by Gasteiger charge is -2.27. The number of anilines is 1. The molecular weight excluding hydrogens is 548 g/mol. The highest BCUT2D eigenvalue weighted by molar-refractivity contribution is 9.10. The number of barbiturate groups is 1. The van der Waals surface area contributed by atoms with Crippen molar-refractivity contribution in [3.63, 3.8) is 0 Å². The number of hydrogen-bond donors (Lipinski definition) is 1. The predicted molar refractivity (Wildman–Crippen MR) is 141 cm³/mol. The van der Waals surface area contributed by atoms with E-state index < -0.39 is 17.8 Å². The van der Waals surface area contributed by atoms with Crippen LogP contribution in [0.25, 0.3) is 6.08 Å². The molecule has 1 aliphatic rings. The number of ether oxygens (including phenoxy) is 2. The summed E-state index contributed by atoms with van der Waals surface area (Å²) < 4.78 is 12.4. The number of amides is 4. The number of aryl methyl sites for hydroxylation is 1. The van der Waals surface area contributed by atoms with Gasteiger partial charge in [0.25, 0.3) is 11.8 Å². The molecule has 1 saturated heterocycles. The third-order valence-corrected chi connectivity index (χ3v) is 6.21. The number of halogens is 2. The molecule has 0 spiro atoms. The fraction of sp³-hybridized carbons (Fsp3) is 0.148. The molecule has 0 bridgehead atoms. The first kappa shape index (κ1) is 25.5. The van der Waals surface area contributed by atoms with Crippen molar-refractivity contribution in [3.8, 4) is 11.5 Å². The third kappa shape index (κ3) is 5.45. The number of nitrogens with one attached hydrogen (secondary N) is 1. The highest BCUT2D eigenvalue weighted by Crippen LogP contribution is 2.38. The summed E-state index contributed by atoms with van der Waals surface area (Å²) in [6.45, 7) is 4.29. The van der Waals surface area contributed by atoms with Gasteiger partial charge in [0.15, 0.2) is 11.5 Å². The van der Waals surface area contributed by atoms with Crippen LogP contribution in [0, 0.1) is 6.92 Å². The van der Waals surface area contributed by atoms with E-state index in [4.69, 9.17) is 21.1 Å². The molecule has 0 aliphatic carbocycles. The molecule has 1 heterocycles. The first-order chi connectivity index (χ1) is 17.3. The molecule has 1 aliphatic heterocycles. The molecule has 9 heteroatoms. The van der Waals surface area contributed by atoms with E-state index in [1.807, 2.05) is 37.3 Å². The Morgan fingerprint density at radius 3 is 2.50 bits per heavy atom. The van der Waals surface area contributed by atoms with E-state index in [0.29, 0.717) is 51.0 Å². The van der Waals surface area contributed by atoms with Crippen molar-refractivity contribution >= 4 is 57.1 Å². The van der Waals surface area contributed by atoms with Gasteiger partial charge in [-0.1, -0.05) is 48.0 Å². The van der Waals surface area contributed by atoms with Crippen molar-refractivity contribution < 1.29 is 23.9 Å². The lowest BCUT2D eigenvalue weighted by molar-refractivity contribution is -0.122. The molecule has 1 fully saturated rings. The number of urea groups is 1. The van der Waals surface area contributed by atoms with Gasteiger partial charge < -0.3 is 9.47 Å². The van der Waals surface area contributed by atoms with Gasteiger partial charge in [-0.15, -0.1) is 0 Å². The zero-order valence-electron chi connectivity index (χ0n) is 19.5. The molecule has 3 aromatic carbocycles. The number of hydrogen-bond acceptors (Lipinski definition) is 5. The fourth-order valence-corrected chi connectivity index (χ4v) is 4.41. The minimum absolute atomic E-state index is 0.207. The number of nitrogens with zero attached hydrogens (tertiary/aromatic N) is 1. The Labute approximate surface area is 221 Å². The van der Waals surface area contributed by atoms with Crippen LogP contribution in [0.3, 0.4) is 0 Å².